The molecule has 8 heteroatoms. The molecule has 116 valence electrons. The maximum Gasteiger partial charge on any atom is 0.265 e. The van der Waals surface area contributed by atoms with Crippen LogP contribution in [0.5, 0.6) is 11.5 Å². The van der Waals surface area contributed by atoms with Gasteiger partial charge in [0.05, 0.1) is 12.0 Å². The molecule has 0 bridgehead atoms. The number of nitrogens with zero attached hydrogens (tertiary/aromatic N) is 1. The zero-order valence-corrected chi connectivity index (χ0v) is 13.6. The summed E-state index contributed by atoms with van der Waals surface area (Å²) in [6.07, 6.45) is 1.73. The molecule has 2 N–H and O–H groups in total. The van der Waals surface area contributed by atoms with Crippen molar-refractivity contribution < 1.29 is 19.1 Å². The monoisotopic (exact) mass is 338 g/mol. The zero-order valence-electron chi connectivity index (χ0n) is 12.0. The summed E-state index contributed by atoms with van der Waals surface area (Å²) in [4.78, 5) is 24.7. The molecular formula is C14H14N2O4S2. The highest BCUT2D eigenvalue weighted by molar-refractivity contribution is 8.26. The maximum absolute atomic E-state index is 12.0. The van der Waals surface area contributed by atoms with E-state index in [9.17, 15) is 9.59 Å². The van der Waals surface area contributed by atoms with Crippen LogP contribution in [0.2, 0.25) is 0 Å². The number of amides is 2. The number of hydrogen-bond donors (Lipinski definition) is 1. The SMILES string of the molecule is COc1cc(/C=C2\SC(=S)N(C)C2=O)ccc1OCC(N)=O. The summed E-state index contributed by atoms with van der Waals surface area (Å²) < 4.78 is 11.0. The van der Waals surface area contributed by atoms with Crippen LogP contribution in [-0.2, 0) is 9.59 Å². The third-order valence-corrected chi connectivity index (χ3v) is 4.33. The molecule has 1 aromatic carbocycles. The summed E-state index contributed by atoms with van der Waals surface area (Å²) in [5.74, 6) is 0.143. The summed E-state index contributed by atoms with van der Waals surface area (Å²) in [7, 11) is 3.13. The fourth-order valence-electron chi connectivity index (χ4n) is 1.74. The number of likely N-dealkylation sites (N-methyl/N-ethyl adjacent to an activating group) is 1. The van der Waals surface area contributed by atoms with Crippen LogP contribution < -0.4 is 15.2 Å². The van der Waals surface area contributed by atoms with Crippen molar-refractivity contribution in [3.63, 3.8) is 0 Å². The van der Waals surface area contributed by atoms with Crippen LogP contribution >= 0.6 is 24.0 Å². The van der Waals surface area contributed by atoms with E-state index in [-0.39, 0.29) is 12.5 Å². The third kappa shape index (κ3) is 3.58. The van der Waals surface area contributed by atoms with Gasteiger partial charge in [0.1, 0.15) is 4.32 Å². The number of hydrogen-bond acceptors (Lipinski definition) is 6. The Bertz CT molecular complexity index is 673. The number of nitrogens with two attached hydrogens (primary N) is 1. The van der Waals surface area contributed by atoms with Gasteiger partial charge in [0, 0.05) is 7.05 Å². The molecular weight excluding hydrogens is 324 g/mol. The fraction of sp³-hybridized carbons (Fsp3) is 0.214. The number of benzene rings is 1. The van der Waals surface area contributed by atoms with Crippen LogP contribution in [0.25, 0.3) is 6.08 Å². The summed E-state index contributed by atoms with van der Waals surface area (Å²) in [5.41, 5.74) is 5.80. The molecule has 1 saturated heterocycles. The maximum atomic E-state index is 12.0. The van der Waals surface area contributed by atoms with Crippen molar-refractivity contribution in [2.75, 3.05) is 20.8 Å². The minimum Gasteiger partial charge on any atom is -0.493 e. The van der Waals surface area contributed by atoms with Gasteiger partial charge >= 0.3 is 0 Å². The van der Waals surface area contributed by atoms with Gasteiger partial charge in [-0.05, 0) is 23.8 Å². The number of methoxy groups -OCH3 is 1. The van der Waals surface area contributed by atoms with Crippen molar-refractivity contribution in [1.29, 1.82) is 0 Å². The number of carbonyl (C=O) groups is 2. The molecule has 0 unspecified atom stereocenters. The first-order valence-electron chi connectivity index (χ1n) is 6.23. The van der Waals surface area contributed by atoms with E-state index in [4.69, 9.17) is 27.4 Å². The Hall–Kier alpha value is -2.06. The van der Waals surface area contributed by atoms with E-state index in [2.05, 4.69) is 0 Å². The molecule has 0 radical (unpaired) electrons. The molecule has 1 aliphatic rings. The van der Waals surface area contributed by atoms with Gasteiger partial charge in [0.2, 0.25) is 0 Å². The lowest BCUT2D eigenvalue weighted by atomic mass is 10.2. The topological polar surface area (TPSA) is 81.9 Å². The van der Waals surface area contributed by atoms with Gasteiger partial charge in [0.15, 0.2) is 18.1 Å². The Balaban J connectivity index is 2.25. The Labute approximate surface area is 137 Å². The second-order valence-electron chi connectivity index (χ2n) is 4.41. The standard InChI is InChI=1S/C14H14N2O4S2/c1-16-13(18)11(22-14(16)21)6-8-3-4-9(10(5-8)19-2)20-7-12(15)17/h3-6H,7H2,1-2H3,(H2,15,17)/b11-6-. The van der Waals surface area contributed by atoms with Gasteiger partial charge in [-0.15, -0.1) is 0 Å². The normalized spacial score (nSPS) is 16.3. The van der Waals surface area contributed by atoms with E-state index < -0.39 is 5.91 Å². The van der Waals surface area contributed by atoms with Crippen molar-refractivity contribution in [2.45, 2.75) is 0 Å². The van der Waals surface area contributed by atoms with E-state index >= 15 is 0 Å². The average molecular weight is 338 g/mol. The Morgan fingerprint density at radius 3 is 2.73 bits per heavy atom. The van der Waals surface area contributed by atoms with Crippen molar-refractivity contribution in [2.24, 2.45) is 5.73 Å². The van der Waals surface area contributed by atoms with Gasteiger partial charge in [-0.3, -0.25) is 14.5 Å². The first-order chi connectivity index (χ1) is 10.4. The van der Waals surface area contributed by atoms with E-state index in [1.807, 2.05) is 0 Å². The quantitative estimate of drug-likeness (QED) is 0.645. The van der Waals surface area contributed by atoms with Gasteiger partial charge in [-0.1, -0.05) is 30.0 Å². The molecule has 22 heavy (non-hydrogen) atoms. The Kier molecular flexibility index (Phi) is 5.04. The number of ether oxygens (including phenoxy) is 2. The smallest absolute Gasteiger partial charge is 0.265 e. The summed E-state index contributed by atoms with van der Waals surface area (Å²) in [6.45, 7) is -0.232. The molecule has 1 fully saturated rings. The lowest BCUT2D eigenvalue weighted by Gasteiger charge is -2.10. The van der Waals surface area contributed by atoms with Crippen LogP contribution in [0.15, 0.2) is 23.1 Å². The molecule has 1 heterocycles. The minimum absolute atomic E-state index is 0.136. The second kappa shape index (κ2) is 6.80. The molecule has 0 saturated carbocycles. The number of thioether (sulfide) groups is 1. The first kappa shape index (κ1) is 16.3. The Morgan fingerprint density at radius 2 is 2.18 bits per heavy atom. The van der Waals surface area contributed by atoms with E-state index in [0.717, 1.165) is 5.56 Å². The minimum atomic E-state index is -0.572. The summed E-state index contributed by atoms with van der Waals surface area (Å²) >= 11 is 6.32. The highest BCUT2D eigenvalue weighted by Crippen LogP contribution is 2.33. The molecule has 6 nitrogen and oxygen atoms in total. The van der Waals surface area contributed by atoms with E-state index in [0.29, 0.717) is 20.7 Å². The molecule has 1 aromatic rings. The number of carbonyl (C=O) groups excluding carboxylic acids is 2. The predicted octanol–water partition coefficient (Wildman–Crippen LogP) is 1.39. The van der Waals surface area contributed by atoms with Gasteiger partial charge < -0.3 is 15.2 Å². The lowest BCUT2D eigenvalue weighted by Crippen LogP contribution is -2.22. The Morgan fingerprint density at radius 1 is 1.45 bits per heavy atom. The van der Waals surface area contributed by atoms with Crippen molar-refractivity contribution >= 4 is 46.2 Å². The highest BCUT2D eigenvalue weighted by Gasteiger charge is 2.28. The van der Waals surface area contributed by atoms with Gasteiger partial charge in [-0.2, -0.15) is 0 Å². The van der Waals surface area contributed by atoms with Crippen LogP contribution in [0.3, 0.4) is 0 Å². The van der Waals surface area contributed by atoms with Crippen LogP contribution in [0.1, 0.15) is 5.56 Å². The van der Waals surface area contributed by atoms with Crippen molar-refractivity contribution in [3.8, 4) is 11.5 Å². The lowest BCUT2D eigenvalue weighted by molar-refractivity contribution is -0.121. The fourth-order valence-corrected chi connectivity index (χ4v) is 2.92. The van der Waals surface area contributed by atoms with Crippen molar-refractivity contribution in [3.05, 3.63) is 28.7 Å². The molecule has 0 aliphatic carbocycles. The molecule has 0 spiro atoms. The van der Waals surface area contributed by atoms with Crippen LogP contribution in [-0.4, -0.2) is 41.8 Å². The number of thiocarbonyl (C=S) groups is 1. The average Bonchev–Trinajstić information content (AvgIpc) is 2.73. The molecule has 0 atom stereocenters. The third-order valence-electron chi connectivity index (χ3n) is 2.84. The van der Waals surface area contributed by atoms with Crippen molar-refractivity contribution in [1.82, 2.24) is 4.90 Å². The van der Waals surface area contributed by atoms with E-state index in [1.54, 1.807) is 31.3 Å². The second-order valence-corrected chi connectivity index (χ2v) is 6.08. The number of rotatable bonds is 5. The summed E-state index contributed by atoms with van der Waals surface area (Å²) in [6, 6.07) is 5.11. The van der Waals surface area contributed by atoms with E-state index in [1.165, 1.54) is 23.8 Å². The molecule has 1 aliphatic heterocycles. The highest BCUT2D eigenvalue weighted by atomic mass is 32.2. The van der Waals surface area contributed by atoms with Crippen LogP contribution in [0, 0.1) is 0 Å². The molecule has 2 rings (SSSR count). The van der Waals surface area contributed by atoms with Crippen LogP contribution in [0.4, 0.5) is 0 Å². The zero-order chi connectivity index (χ0) is 16.3. The summed E-state index contributed by atoms with van der Waals surface area (Å²) in [5, 5.41) is 0. The first-order valence-corrected chi connectivity index (χ1v) is 7.45. The molecule has 2 amide bonds. The largest absolute Gasteiger partial charge is 0.493 e. The van der Waals surface area contributed by atoms with Gasteiger partial charge in [-0.25, -0.2) is 0 Å². The predicted molar refractivity (Wildman–Crippen MR) is 88.6 cm³/mol. The molecule has 0 aromatic heterocycles. The van der Waals surface area contributed by atoms with Gasteiger partial charge in [0.25, 0.3) is 11.8 Å². The number of primary amides is 1.